The molecule has 3 rings (SSSR count). The molecule has 1 heterocycles. The Labute approximate surface area is 114 Å². The first-order valence-electron chi connectivity index (χ1n) is 7.21. The van der Waals surface area contributed by atoms with E-state index in [2.05, 4.69) is 30.3 Å². The quantitative estimate of drug-likeness (QED) is 0.814. The van der Waals surface area contributed by atoms with E-state index in [1.807, 2.05) is 11.3 Å². The Morgan fingerprint density at radius 2 is 2.11 bits per heavy atom. The summed E-state index contributed by atoms with van der Waals surface area (Å²) in [5.74, 6) is 0.991. The average molecular weight is 264 g/mol. The molecule has 18 heavy (non-hydrogen) atoms. The molecule has 1 aromatic rings. The monoisotopic (exact) mass is 264 g/mol. The number of thiophene rings is 1. The van der Waals surface area contributed by atoms with Crippen LogP contribution in [0.1, 0.15) is 41.0 Å². The second-order valence-corrected chi connectivity index (χ2v) is 7.43. The number of nitrogens with zero attached hydrogens (tertiary/aromatic N) is 1. The van der Waals surface area contributed by atoms with Crippen molar-refractivity contribution in [1.82, 2.24) is 10.2 Å². The summed E-state index contributed by atoms with van der Waals surface area (Å²) in [5, 5.41) is 3.61. The lowest BCUT2D eigenvalue weighted by Crippen LogP contribution is -2.20. The zero-order valence-electron chi connectivity index (χ0n) is 11.5. The number of nitrogens with one attached hydrogen (secondary N) is 1. The van der Waals surface area contributed by atoms with E-state index in [9.17, 15) is 0 Å². The third-order valence-electron chi connectivity index (χ3n) is 3.92. The van der Waals surface area contributed by atoms with Crippen molar-refractivity contribution in [3.63, 3.8) is 0 Å². The van der Waals surface area contributed by atoms with E-state index in [1.54, 1.807) is 0 Å². The predicted octanol–water partition coefficient (Wildman–Crippen LogP) is 3.15. The zero-order chi connectivity index (χ0) is 12.5. The van der Waals surface area contributed by atoms with Crippen molar-refractivity contribution in [2.75, 3.05) is 13.6 Å². The van der Waals surface area contributed by atoms with E-state index in [4.69, 9.17) is 0 Å². The van der Waals surface area contributed by atoms with Crippen molar-refractivity contribution < 1.29 is 0 Å². The highest BCUT2D eigenvalue weighted by Gasteiger charge is 2.23. The summed E-state index contributed by atoms with van der Waals surface area (Å²) in [6.45, 7) is 5.75. The van der Waals surface area contributed by atoms with Gasteiger partial charge in [-0.2, -0.15) is 0 Å². The van der Waals surface area contributed by atoms with Gasteiger partial charge in [0.1, 0.15) is 0 Å². The number of hydrogen-bond donors (Lipinski definition) is 1. The average Bonchev–Trinajstić information content (AvgIpc) is 3.20. The van der Waals surface area contributed by atoms with Crippen LogP contribution in [0.25, 0.3) is 0 Å². The molecule has 100 valence electrons. The molecule has 0 aliphatic heterocycles. The van der Waals surface area contributed by atoms with Crippen LogP contribution in [0.4, 0.5) is 0 Å². The van der Waals surface area contributed by atoms with Gasteiger partial charge in [-0.05, 0) is 57.2 Å². The highest BCUT2D eigenvalue weighted by atomic mass is 32.1. The second-order valence-electron chi connectivity index (χ2n) is 6.09. The number of hydrogen-bond acceptors (Lipinski definition) is 3. The summed E-state index contributed by atoms with van der Waals surface area (Å²) in [6, 6.07) is 3.23. The molecule has 1 N–H and O–H groups in total. The van der Waals surface area contributed by atoms with E-state index in [0.717, 1.165) is 25.0 Å². The van der Waals surface area contributed by atoms with E-state index in [1.165, 1.54) is 47.5 Å². The highest BCUT2D eigenvalue weighted by molar-refractivity contribution is 7.12. The maximum absolute atomic E-state index is 3.61. The van der Waals surface area contributed by atoms with Crippen LogP contribution in [-0.4, -0.2) is 24.5 Å². The van der Waals surface area contributed by atoms with Gasteiger partial charge in [-0.1, -0.05) is 0 Å². The largest absolute Gasteiger partial charge is 0.309 e. The first-order valence-corrected chi connectivity index (χ1v) is 8.02. The normalized spacial score (nSPS) is 19.7. The Bertz CT molecular complexity index is 405. The molecule has 0 atom stereocenters. The van der Waals surface area contributed by atoms with Gasteiger partial charge in [0.15, 0.2) is 0 Å². The van der Waals surface area contributed by atoms with Crippen molar-refractivity contribution in [1.29, 1.82) is 0 Å². The summed E-state index contributed by atoms with van der Waals surface area (Å²) in [4.78, 5) is 5.50. The molecule has 1 aromatic heterocycles. The van der Waals surface area contributed by atoms with Crippen molar-refractivity contribution >= 4 is 11.3 Å². The van der Waals surface area contributed by atoms with Crippen LogP contribution in [0.2, 0.25) is 0 Å². The molecule has 0 bridgehead atoms. The van der Waals surface area contributed by atoms with Gasteiger partial charge in [0.25, 0.3) is 0 Å². The van der Waals surface area contributed by atoms with Gasteiger partial charge in [-0.15, -0.1) is 11.3 Å². The van der Waals surface area contributed by atoms with Crippen LogP contribution in [-0.2, 0) is 13.1 Å². The predicted molar refractivity (Wildman–Crippen MR) is 78.0 cm³/mol. The molecule has 0 radical (unpaired) electrons. The molecule has 0 spiro atoms. The molecule has 2 saturated carbocycles. The lowest BCUT2D eigenvalue weighted by atomic mass is 10.2. The Kier molecular flexibility index (Phi) is 3.73. The fraction of sp³-hybridized carbons (Fsp3) is 0.733. The van der Waals surface area contributed by atoms with Gasteiger partial charge >= 0.3 is 0 Å². The third kappa shape index (κ3) is 3.56. The minimum absolute atomic E-state index is 0.813. The van der Waals surface area contributed by atoms with Crippen LogP contribution >= 0.6 is 11.3 Å². The molecule has 0 amide bonds. The molecule has 3 heteroatoms. The van der Waals surface area contributed by atoms with Crippen molar-refractivity contribution in [2.45, 2.75) is 51.7 Å². The first-order chi connectivity index (χ1) is 8.70. The number of aryl methyl sites for hydroxylation is 1. The smallest absolute Gasteiger partial charge is 0.0302 e. The van der Waals surface area contributed by atoms with Crippen LogP contribution in [0.5, 0.6) is 0 Å². The van der Waals surface area contributed by atoms with E-state index in [-0.39, 0.29) is 0 Å². The summed E-state index contributed by atoms with van der Waals surface area (Å²) in [6.07, 6.45) is 5.65. The first kappa shape index (κ1) is 12.6. The van der Waals surface area contributed by atoms with E-state index < -0.39 is 0 Å². The third-order valence-corrected chi connectivity index (χ3v) is 5.01. The SMILES string of the molecule is Cc1sc(CNC2CC2)cc1CN(C)CC1CC1. The summed E-state index contributed by atoms with van der Waals surface area (Å²) in [7, 11) is 2.26. The topological polar surface area (TPSA) is 15.3 Å². The van der Waals surface area contributed by atoms with Crippen molar-refractivity contribution in [3.8, 4) is 0 Å². The minimum Gasteiger partial charge on any atom is -0.309 e. The summed E-state index contributed by atoms with van der Waals surface area (Å²) >= 11 is 1.97. The van der Waals surface area contributed by atoms with Crippen LogP contribution in [0.15, 0.2) is 6.07 Å². The van der Waals surface area contributed by atoms with Gasteiger partial charge in [-0.25, -0.2) is 0 Å². The minimum atomic E-state index is 0.813. The standard InChI is InChI=1S/C15H24N2S/c1-11-13(10-17(2)9-12-3-4-12)7-15(18-11)8-16-14-5-6-14/h7,12,14,16H,3-6,8-10H2,1-2H3. The maximum atomic E-state index is 3.61. The molecule has 2 fully saturated rings. The van der Waals surface area contributed by atoms with Crippen molar-refractivity contribution in [3.05, 3.63) is 21.4 Å². The second kappa shape index (κ2) is 5.32. The molecule has 0 aromatic carbocycles. The fourth-order valence-corrected chi connectivity index (χ4v) is 3.47. The molecular weight excluding hydrogens is 240 g/mol. The Morgan fingerprint density at radius 3 is 2.78 bits per heavy atom. The number of rotatable bonds is 7. The Balaban J connectivity index is 1.52. The fourth-order valence-electron chi connectivity index (χ4n) is 2.46. The van der Waals surface area contributed by atoms with Crippen LogP contribution in [0.3, 0.4) is 0 Å². The molecule has 2 aliphatic rings. The molecule has 0 unspecified atom stereocenters. The Hall–Kier alpha value is -0.380. The highest BCUT2D eigenvalue weighted by Crippen LogP contribution is 2.30. The molecular formula is C15H24N2S. The molecule has 0 saturated heterocycles. The van der Waals surface area contributed by atoms with Gasteiger partial charge < -0.3 is 10.2 Å². The maximum Gasteiger partial charge on any atom is 0.0302 e. The van der Waals surface area contributed by atoms with E-state index in [0.29, 0.717) is 0 Å². The zero-order valence-corrected chi connectivity index (χ0v) is 12.4. The van der Waals surface area contributed by atoms with Crippen LogP contribution < -0.4 is 5.32 Å². The lowest BCUT2D eigenvalue weighted by Gasteiger charge is -2.15. The molecule has 2 nitrogen and oxygen atoms in total. The van der Waals surface area contributed by atoms with Gasteiger partial charge in [-0.3, -0.25) is 0 Å². The van der Waals surface area contributed by atoms with Gasteiger partial charge in [0.2, 0.25) is 0 Å². The molecule has 2 aliphatic carbocycles. The lowest BCUT2D eigenvalue weighted by molar-refractivity contribution is 0.313. The Morgan fingerprint density at radius 1 is 1.33 bits per heavy atom. The summed E-state index contributed by atoms with van der Waals surface area (Å²) in [5.41, 5.74) is 1.54. The van der Waals surface area contributed by atoms with E-state index >= 15 is 0 Å². The van der Waals surface area contributed by atoms with Crippen LogP contribution in [0, 0.1) is 12.8 Å². The van der Waals surface area contributed by atoms with Crippen molar-refractivity contribution in [2.24, 2.45) is 5.92 Å². The van der Waals surface area contributed by atoms with Gasteiger partial charge in [0.05, 0.1) is 0 Å². The summed E-state index contributed by atoms with van der Waals surface area (Å²) < 4.78 is 0. The van der Waals surface area contributed by atoms with Gasteiger partial charge in [0, 0.05) is 35.4 Å².